The second-order valence-electron chi connectivity index (χ2n) is 5.37. The molecule has 0 fully saturated rings. The molecular weight excluding hydrogens is 354 g/mol. The van der Waals surface area contributed by atoms with Crippen LogP contribution in [0.5, 0.6) is 0 Å². The Morgan fingerprint density at radius 3 is 2.29 bits per heavy atom. The predicted octanol–water partition coefficient (Wildman–Crippen LogP) is 1.02. The predicted molar refractivity (Wildman–Crippen MR) is 87.3 cm³/mol. The minimum atomic E-state index is -3.87. The third kappa shape index (κ3) is 3.51. The Balaban J connectivity index is 2.35. The van der Waals surface area contributed by atoms with Gasteiger partial charge in [-0.3, -0.25) is 0 Å². The fourth-order valence-corrected chi connectivity index (χ4v) is 4.65. The monoisotopic (exact) mass is 373 g/mol. The minimum Gasteiger partial charge on any atom is -0.360 e. The molecule has 132 valence electrons. The van der Waals surface area contributed by atoms with Crippen LogP contribution in [0.2, 0.25) is 0 Å². The molecule has 2 aromatic rings. The highest BCUT2D eigenvalue weighted by Gasteiger charge is 2.26. The Kier molecular flexibility index (Phi) is 5.14. The smallest absolute Gasteiger partial charge is 0.246 e. The summed E-state index contributed by atoms with van der Waals surface area (Å²) in [4.78, 5) is 0.0203. The van der Waals surface area contributed by atoms with E-state index in [4.69, 9.17) is 4.52 Å². The molecule has 24 heavy (non-hydrogen) atoms. The summed E-state index contributed by atoms with van der Waals surface area (Å²) in [5, 5.41) is 3.62. The quantitative estimate of drug-likeness (QED) is 0.809. The molecule has 0 spiro atoms. The van der Waals surface area contributed by atoms with E-state index in [1.165, 1.54) is 34.0 Å². The van der Waals surface area contributed by atoms with Crippen LogP contribution in [-0.2, 0) is 26.6 Å². The number of aromatic nitrogens is 1. The fourth-order valence-electron chi connectivity index (χ4n) is 2.20. The summed E-state index contributed by atoms with van der Waals surface area (Å²) in [6, 6.07) is 6.23. The Hall–Kier alpha value is -1.75. The molecule has 0 saturated heterocycles. The van der Waals surface area contributed by atoms with E-state index in [0.29, 0.717) is 5.56 Å². The molecule has 1 aromatic heterocycles. The summed E-state index contributed by atoms with van der Waals surface area (Å²) in [5.41, 5.74) is 0.593. The van der Waals surface area contributed by atoms with Gasteiger partial charge in [-0.2, -0.15) is 0 Å². The van der Waals surface area contributed by atoms with E-state index in [9.17, 15) is 16.8 Å². The summed E-state index contributed by atoms with van der Waals surface area (Å²) in [6.45, 7) is 2.85. The Labute approximate surface area is 141 Å². The highest BCUT2D eigenvalue weighted by molar-refractivity contribution is 7.89. The normalized spacial score (nSPS) is 12.7. The lowest BCUT2D eigenvalue weighted by Gasteiger charge is -2.15. The Bertz CT molecular complexity index is 927. The molecule has 0 bridgehead atoms. The molecule has 0 aliphatic heterocycles. The van der Waals surface area contributed by atoms with Gasteiger partial charge in [-0.25, -0.2) is 25.9 Å². The van der Waals surface area contributed by atoms with Gasteiger partial charge in [0.1, 0.15) is 10.6 Å². The van der Waals surface area contributed by atoms with Crippen LogP contribution < -0.4 is 4.72 Å². The third-order valence-corrected chi connectivity index (χ3v) is 6.98. The molecular formula is C14H19N3O5S2. The lowest BCUT2D eigenvalue weighted by Crippen LogP contribution is -2.27. The highest BCUT2D eigenvalue weighted by atomic mass is 32.2. The van der Waals surface area contributed by atoms with Crippen LogP contribution in [0.15, 0.2) is 38.6 Å². The van der Waals surface area contributed by atoms with Crippen molar-refractivity contribution in [2.24, 2.45) is 0 Å². The van der Waals surface area contributed by atoms with Crippen molar-refractivity contribution >= 4 is 20.0 Å². The van der Waals surface area contributed by atoms with Gasteiger partial charge in [0.05, 0.1) is 4.90 Å². The number of nitrogens with zero attached hydrogens (tertiary/aromatic N) is 2. The topological polar surface area (TPSA) is 110 Å². The minimum absolute atomic E-state index is 0.0320. The summed E-state index contributed by atoms with van der Waals surface area (Å²) < 4.78 is 57.9. The van der Waals surface area contributed by atoms with E-state index in [0.717, 1.165) is 4.31 Å². The Morgan fingerprint density at radius 1 is 1.12 bits per heavy atom. The standard InChI is InChI=1S/C14H19N3O5S2/c1-10-14(11(2)22-16-10)23(18,19)15-9-12-7-5-6-8-13(12)24(20,21)17(3)4/h5-8,15H,9H2,1-4H3. The van der Waals surface area contributed by atoms with Gasteiger partial charge in [0.15, 0.2) is 5.76 Å². The van der Waals surface area contributed by atoms with E-state index < -0.39 is 20.0 Å². The zero-order valence-corrected chi connectivity index (χ0v) is 15.4. The van der Waals surface area contributed by atoms with Crippen molar-refractivity contribution < 1.29 is 21.4 Å². The molecule has 0 saturated carbocycles. The maximum absolute atomic E-state index is 12.4. The van der Waals surface area contributed by atoms with Gasteiger partial charge in [0, 0.05) is 20.6 Å². The SMILES string of the molecule is Cc1noc(C)c1S(=O)(=O)NCc1ccccc1S(=O)(=O)N(C)C. The molecule has 0 aliphatic carbocycles. The molecule has 0 radical (unpaired) electrons. The van der Waals surface area contributed by atoms with E-state index in [-0.39, 0.29) is 27.8 Å². The molecule has 8 nitrogen and oxygen atoms in total. The molecule has 0 amide bonds. The second kappa shape index (κ2) is 6.63. The average molecular weight is 373 g/mol. The van der Waals surface area contributed by atoms with Gasteiger partial charge < -0.3 is 4.52 Å². The molecule has 2 rings (SSSR count). The van der Waals surface area contributed by atoms with Gasteiger partial charge in [-0.1, -0.05) is 23.4 Å². The number of nitrogens with one attached hydrogen (secondary N) is 1. The lowest BCUT2D eigenvalue weighted by molar-refractivity contribution is 0.390. The molecule has 1 heterocycles. The van der Waals surface area contributed by atoms with Crippen LogP contribution in [0, 0.1) is 13.8 Å². The first-order valence-corrected chi connectivity index (χ1v) is 9.92. The largest absolute Gasteiger partial charge is 0.360 e. The number of aryl methyl sites for hydroxylation is 2. The first-order valence-electron chi connectivity index (χ1n) is 7.00. The number of hydrogen-bond acceptors (Lipinski definition) is 6. The van der Waals surface area contributed by atoms with Crippen molar-refractivity contribution in [1.82, 2.24) is 14.2 Å². The van der Waals surface area contributed by atoms with Gasteiger partial charge in [0.25, 0.3) is 0 Å². The van der Waals surface area contributed by atoms with Crippen LogP contribution in [0.25, 0.3) is 0 Å². The van der Waals surface area contributed by atoms with Crippen molar-refractivity contribution in [2.75, 3.05) is 14.1 Å². The Morgan fingerprint density at radius 2 is 1.75 bits per heavy atom. The first-order chi connectivity index (χ1) is 11.1. The van der Waals surface area contributed by atoms with Crippen LogP contribution >= 0.6 is 0 Å². The van der Waals surface area contributed by atoms with E-state index in [1.54, 1.807) is 18.2 Å². The lowest BCUT2D eigenvalue weighted by atomic mass is 10.2. The van der Waals surface area contributed by atoms with Crippen molar-refractivity contribution in [3.8, 4) is 0 Å². The molecule has 1 N–H and O–H groups in total. The van der Waals surface area contributed by atoms with Crippen molar-refractivity contribution in [1.29, 1.82) is 0 Å². The summed E-state index contributed by atoms with van der Waals surface area (Å²) >= 11 is 0. The van der Waals surface area contributed by atoms with Crippen LogP contribution in [0.4, 0.5) is 0 Å². The van der Waals surface area contributed by atoms with Crippen molar-refractivity contribution in [3.63, 3.8) is 0 Å². The molecule has 0 atom stereocenters. The van der Waals surface area contributed by atoms with Gasteiger partial charge in [0.2, 0.25) is 20.0 Å². The number of hydrogen-bond donors (Lipinski definition) is 1. The van der Waals surface area contributed by atoms with Crippen molar-refractivity contribution in [2.45, 2.75) is 30.2 Å². The zero-order valence-electron chi connectivity index (χ0n) is 13.8. The number of sulfonamides is 2. The average Bonchev–Trinajstić information content (AvgIpc) is 2.85. The van der Waals surface area contributed by atoms with Crippen LogP contribution in [0.1, 0.15) is 17.0 Å². The fraction of sp³-hybridized carbons (Fsp3) is 0.357. The summed E-state index contributed by atoms with van der Waals surface area (Å²) in [6.07, 6.45) is 0. The second-order valence-corrected chi connectivity index (χ2v) is 9.20. The maximum atomic E-state index is 12.4. The molecule has 1 aromatic carbocycles. The molecule has 10 heteroatoms. The maximum Gasteiger partial charge on any atom is 0.246 e. The van der Waals surface area contributed by atoms with Crippen LogP contribution in [-0.4, -0.2) is 40.4 Å². The van der Waals surface area contributed by atoms with E-state index in [2.05, 4.69) is 9.88 Å². The van der Waals surface area contributed by atoms with E-state index in [1.807, 2.05) is 0 Å². The first kappa shape index (κ1) is 18.6. The molecule has 0 aliphatic rings. The zero-order chi connectivity index (χ0) is 18.1. The van der Waals surface area contributed by atoms with Gasteiger partial charge in [-0.15, -0.1) is 0 Å². The van der Waals surface area contributed by atoms with Crippen molar-refractivity contribution in [3.05, 3.63) is 41.3 Å². The third-order valence-electron chi connectivity index (χ3n) is 3.42. The summed E-state index contributed by atoms with van der Waals surface area (Å²) in [7, 11) is -4.72. The number of benzene rings is 1. The van der Waals surface area contributed by atoms with Crippen LogP contribution in [0.3, 0.4) is 0 Å². The molecule has 0 unspecified atom stereocenters. The van der Waals surface area contributed by atoms with E-state index >= 15 is 0 Å². The summed E-state index contributed by atoms with van der Waals surface area (Å²) in [5.74, 6) is 0.175. The van der Waals surface area contributed by atoms with Gasteiger partial charge in [-0.05, 0) is 25.5 Å². The van der Waals surface area contributed by atoms with Gasteiger partial charge >= 0.3 is 0 Å². The highest BCUT2D eigenvalue weighted by Crippen LogP contribution is 2.21. The number of rotatable bonds is 6.